The number of nitrogens with two attached hydrogens (primary N) is 1. The third kappa shape index (κ3) is 13.4. The van der Waals surface area contributed by atoms with Crippen molar-refractivity contribution in [1.29, 1.82) is 0 Å². The quantitative estimate of drug-likeness (QED) is 0.257. The van der Waals surface area contributed by atoms with Crippen LogP contribution < -0.4 is 11.3 Å². The number of hydrogen-bond acceptors (Lipinski definition) is 6. The lowest BCUT2D eigenvalue weighted by Crippen LogP contribution is -2.45. The van der Waals surface area contributed by atoms with Gasteiger partial charge < -0.3 is 19.3 Å². The van der Waals surface area contributed by atoms with Crippen molar-refractivity contribution in [2.75, 3.05) is 19.6 Å². The molecule has 188 valence electrons. The summed E-state index contributed by atoms with van der Waals surface area (Å²) in [7, 11) is 0. The molecule has 1 atom stereocenters. The molecule has 0 aliphatic carbocycles. The smallest absolute Gasteiger partial charge is 0.410 e. The van der Waals surface area contributed by atoms with Crippen molar-refractivity contribution in [1.82, 2.24) is 15.2 Å². The summed E-state index contributed by atoms with van der Waals surface area (Å²) in [5.41, 5.74) is 0.893. The van der Waals surface area contributed by atoms with Crippen LogP contribution in [-0.2, 0) is 14.3 Å². The summed E-state index contributed by atoms with van der Waals surface area (Å²) in [6.45, 7) is 16.4. The Kier molecular flexibility index (Phi) is 13.3. The third-order valence-electron chi connectivity index (χ3n) is 4.63. The van der Waals surface area contributed by atoms with E-state index in [0.717, 1.165) is 19.3 Å². The van der Waals surface area contributed by atoms with Gasteiger partial charge in [-0.15, -0.1) is 0 Å². The van der Waals surface area contributed by atoms with Crippen molar-refractivity contribution in [3.8, 4) is 0 Å². The van der Waals surface area contributed by atoms with E-state index in [-0.39, 0.29) is 24.5 Å². The van der Waals surface area contributed by atoms with Crippen molar-refractivity contribution in [2.24, 2.45) is 5.84 Å². The van der Waals surface area contributed by atoms with E-state index in [1.54, 1.807) is 9.80 Å². The second kappa shape index (κ2) is 14.2. The van der Waals surface area contributed by atoms with Crippen molar-refractivity contribution < 1.29 is 23.9 Å². The van der Waals surface area contributed by atoms with E-state index in [1.807, 2.05) is 41.5 Å². The monoisotopic (exact) mass is 458 g/mol. The fourth-order valence-corrected chi connectivity index (χ4v) is 3.21. The second-order valence-electron chi connectivity index (χ2n) is 10.0. The normalized spacial score (nSPS) is 12.7. The third-order valence-corrected chi connectivity index (χ3v) is 4.63. The van der Waals surface area contributed by atoms with Gasteiger partial charge in [0.1, 0.15) is 11.2 Å². The van der Waals surface area contributed by atoms with Crippen molar-refractivity contribution in [3.05, 3.63) is 0 Å². The van der Waals surface area contributed by atoms with Gasteiger partial charge in [0.05, 0.1) is 0 Å². The van der Waals surface area contributed by atoms with Gasteiger partial charge in [-0.3, -0.25) is 10.2 Å². The minimum absolute atomic E-state index is 0.0816. The molecule has 1 unspecified atom stereocenters. The van der Waals surface area contributed by atoms with Crippen LogP contribution in [0, 0.1) is 0 Å². The standard InChI is InChI=1S/C23H46N4O5/c1-9-13-18(10-2)27(21(30)32-23(6,7)8)17-12-16-26(15-11-14-19(28)25-24)20(29)31-22(3,4)5/h18H,9-17,24H2,1-8H3,(H,25,28). The van der Waals surface area contributed by atoms with Crippen LogP contribution in [0.15, 0.2) is 0 Å². The Hall–Kier alpha value is -2.03. The maximum absolute atomic E-state index is 12.9. The van der Waals surface area contributed by atoms with Gasteiger partial charge in [0.25, 0.3) is 0 Å². The zero-order valence-corrected chi connectivity index (χ0v) is 21.5. The summed E-state index contributed by atoms with van der Waals surface area (Å²) in [5.74, 6) is 4.85. The molecule has 3 N–H and O–H groups in total. The highest BCUT2D eigenvalue weighted by Gasteiger charge is 2.28. The molecule has 9 nitrogen and oxygen atoms in total. The van der Waals surface area contributed by atoms with E-state index >= 15 is 0 Å². The van der Waals surface area contributed by atoms with Crippen LogP contribution in [0.25, 0.3) is 0 Å². The summed E-state index contributed by atoms with van der Waals surface area (Å²) < 4.78 is 11.1. The fourth-order valence-electron chi connectivity index (χ4n) is 3.21. The minimum Gasteiger partial charge on any atom is -0.444 e. The van der Waals surface area contributed by atoms with Crippen LogP contribution in [0.3, 0.4) is 0 Å². The Balaban J connectivity index is 5.23. The number of carbonyl (C=O) groups excluding carboxylic acids is 3. The highest BCUT2D eigenvalue weighted by atomic mass is 16.6. The first-order valence-electron chi connectivity index (χ1n) is 11.7. The Bertz CT molecular complexity index is 584. The Morgan fingerprint density at radius 3 is 1.88 bits per heavy atom. The van der Waals surface area contributed by atoms with Gasteiger partial charge in [-0.1, -0.05) is 20.3 Å². The van der Waals surface area contributed by atoms with Crippen molar-refractivity contribution in [2.45, 2.75) is 111 Å². The minimum atomic E-state index is -0.624. The molecule has 3 amide bonds. The molecule has 0 heterocycles. The number of amides is 3. The number of rotatable bonds is 12. The number of nitrogens with one attached hydrogen (secondary N) is 1. The summed E-state index contributed by atoms with van der Waals surface area (Å²) in [6, 6.07) is 0.0816. The zero-order valence-electron chi connectivity index (χ0n) is 21.5. The average Bonchev–Trinajstić information content (AvgIpc) is 2.65. The van der Waals surface area contributed by atoms with Gasteiger partial charge in [-0.25, -0.2) is 15.4 Å². The van der Waals surface area contributed by atoms with Crippen molar-refractivity contribution >= 4 is 18.1 Å². The predicted molar refractivity (Wildman–Crippen MR) is 126 cm³/mol. The lowest BCUT2D eigenvalue weighted by Gasteiger charge is -2.34. The van der Waals surface area contributed by atoms with Gasteiger partial charge in [-0.2, -0.15) is 0 Å². The molecule has 0 aromatic carbocycles. The van der Waals surface area contributed by atoms with Crippen LogP contribution in [0.2, 0.25) is 0 Å². The molecule has 32 heavy (non-hydrogen) atoms. The van der Waals surface area contributed by atoms with Crippen LogP contribution in [0.1, 0.15) is 93.9 Å². The highest BCUT2D eigenvalue weighted by molar-refractivity contribution is 5.75. The molecule has 0 aromatic rings. The van der Waals surface area contributed by atoms with E-state index in [9.17, 15) is 14.4 Å². The Morgan fingerprint density at radius 1 is 0.875 bits per heavy atom. The molecule has 0 radical (unpaired) electrons. The summed E-state index contributed by atoms with van der Waals surface area (Å²) in [4.78, 5) is 40.3. The zero-order chi connectivity index (χ0) is 24.9. The molecule has 9 heteroatoms. The first kappa shape index (κ1) is 30.0. The SMILES string of the molecule is CCCC(CC)N(CCCN(CCCC(=O)NN)C(=O)OC(C)(C)C)C(=O)OC(C)(C)C. The molecule has 0 aliphatic heterocycles. The summed E-state index contributed by atoms with van der Waals surface area (Å²) >= 11 is 0. The molecule has 0 fully saturated rings. The molecule has 0 saturated carbocycles. The largest absolute Gasteiger partial charge is 0.444 e. The molecular weight excluding hydrogens is 412 g/mol. The van der Waals surface area contributed by atoms with Gasteiger partial charge in [0.2, 0.25) is 5.91 Å². The van der Waals surface area contributed by atoms with Crippen LogP contribution in [-0.4, -0.2) is 64.8 Å². The lowest BCUT2D eigenvalue weighted by molar-refractivity contribution is -0.121. The number of hydrogen-bond donors (Lipinski definition) is 2. The van der Waals surface area contributed by atoms with Crippen LogP contribution >= 0.6 is 0 Å². The van der Waals surface area contributed by atoms with Crippen molar-refractivity contribution in [3.63, 3.8) is 0 Å². The Labute approximate surface area is 194 Å². The molecule has 0 bridgehead atoms. The topological polar surface area (TPSA) is 114 Å². The number of nitrogens with zero attached hydrogens (tertiary/aromatic N) is 2. The lowest BCUT2D eigenvalue weighted by atomic mass is 10.1. The van der Waals surface area contributed by atoms with E-state index in [0.29, 0.717) is 32.5 Å². The van der Waals surface area contributed by atoms with E-state index in [1.165, 1.54) is 0 Å². The number of carbonyl (C=O) groups is 3. The van der Waals surface area contributed by atoms with Gasteiger partial charge in [0.15, 0.2) is 0 Å². The number of hydrazine groups is 1. The van der Waals surface area contributed by atoms with Gasteiger partial charge >= 0.3 is 12.2 Å². The molecule has 0 aromatic heterocycles. The maximum atomic E-state index is 12.9. The average molecular weight is 459 g/mol. The molecule has 0 spiro atoms. The second-order valence-corrected chi connectivity index (χ2v) is 10.0. The fraction of sp³-hybridized carbons (Fsp3) is 0.870. The van der Waals surface area contributed by atoms with Gasteiger partial charge in [0, 0.05) is 32.1 Å². The first-order valence-corrected chi connectivity index (χ1v) is 11.7. The molecular formula is C23H46N4O5. The van der Waals surface area contributed by atoms with E-state index in [2.05, 4.69) is 19.3 Å². The number of ether oxygens (including phenoxy) is 2. The molecule has 0 saturated heterocycles. The highest BCUT2D eigenvalue weighted by Crippen LogP contribution is 2.18. The van der Waals surface area contributed by atoms with Crippen LogP contribution in [0.5, 0.6) is 0 Å². The summed E-state index contributed by atoms with van der Waals surface area (Å²) in [6.07, 6.45) is 3.17. The van der Waals surface area contributed by atoms with E-state index in [4.69, 9.17) is 15.3 Å². The Morgan fingerprint density at radius 2 is 1.41 bits per heavy atom. The molecule has 0 rings (SSSR count). The van der Waals surface area contributed by atoms with Crippen LogP contribution in [0.4, 0.5) is 9.59 Å². The predicted octanol–water partition coefficient (Wildman–Crippen LogP) is 4.20. The maximum Gasteiger partial charge on any atom is 0.410 e. The first-order chi connectivity index (χ1) is 14.7. The van der Waals surface area contributed by atoms with E-state index < -0.39 is 17.3 Å². The summed E-state index contributed by atoms with van der Waals surface area (Å²) in [5, 5.41) is 0. The van der Waals surface area contributed by atoms with Gasteiger partial charge in [-0.05, 0) is 67.2 Å². The molecule has 0 aliphatic rings.